The molecule has 0 fully saturated rings. The fourth-order valence-corrected chi connectivity index (χ4v) is 22.4. The van der Waals surface area contributed by atoms with Gasteiger partial charge in [-0.05, 0) is 97.1 Å². The van der Waals surface area contributed by atoms with E-state index in [1.165, 1.54) is 73.8 Å². The first-order chi connectivity index (χ1) is 35.9. The minimum Gasteiger partial charge on any atom is -2.00 e. The van der Waals surface area contributed by atoms with Gasteiger partial charge in [0.05, 0.1) is 0 Å². The third-order valence-electron chi connectivity index (χ3n) is 10.5. The van der Waals surface area contributed by atoms with E-state index < -0.39 is 31.7 Å². The number of hydrogen-bond acceptors (Lipinski definition) is 4. The van der Waals surface area contributed by atoms with Crippen LogP contribution in [0.25, 0.3) is 0 Å². The molecule has 0 heterocycles. The van der Waals surface area contributed by atoms with Gasteiger partial charge in [-0.2, -0.15) is 0 Å². The second-order valence-electron chi connectivity index (χ2n) is 17.5. The van der Waals surface area contributed by atoms with Gasteiger partial charge >= 0.3 is 41.5 Å². The zero-order chi connectivity index (χ0) is 53.8. The predicted octanol–water partition coefficient (Wildman–Crippen LogP) is 8.13. The molecule has 8 aromatic carbocycles. The van der Waals surface area contributed by atoms with Crippen LogP contribution in [0.2, 0.25) is 0 Å². The molecule has 88 heavy (non-hydrogen) atoms. The summed E-state index contributed by atoms with van der Waals surface area (Å²) < 4.78 is 0. The van der Waals surface area contributed by atoms with Gasteiger partial charge in [0, 0.05) is 139 Å². The molecule has 8 nitrogen and oxygen atoms in total. The fourth-order valence-electron chi connectivity index (χ4n) is 6.95. The second-order valence-corrected chi connectivity index (χ2v) is 28.7. The molecule has 496 valence electrons. The Morgan fingerprint density at radius 2 is 0.330 bits per heavy atom. The van der Waals surface area contributed by atoms with Crippen LogP contribution in [0.4, 0.5) is 0 Å². The van der Waals surface area contributed by atoms with E-state index in [2.05, 4.69) is 243 Å². The summed E-state index contributed by atoms with van der Waals surface area (Å²) in [6.45, 7) is 0. The van der Waals surface area contributed by atoms with Crippen molar-refractivity contribution in [3.05, 3.63) is 243 Å². The molecule has 0 saturated heterocycles. The SMILES string of the molecule is CN(C)C=O.CN(C)C=O.CN(C)C=O.CN(C)C=O.[Pd+2].[Pd].[Pd].[Pd].[S-2].[S-2].[S-2].[S-2].[S-2].[S-2].[S-2].[S-2].[W+2].[W].c1ccc([PH+](C[PH+](c2ccccc2)c2ccccc2)c2ccccc2)cc1.c1ccc([PH+](C[PH+](c2ccccc2)c2ccccc2)c2ccccc2)cc1. The number of hydrogen-bond donors (Lipinski definition) is 0. The van der Waals surface area contributed by atoms with E-state index in [4.69, 9.17) is 0 Å². The molecule has 4 amide bonds. The van der Waals surface area contributed by atoms with Gasteiger partial charge in [-0.1, -0.05) is 146 Å². The van der Waals surface area contributed by atoms with E-state index in [1.807, 2.05) is 0 Å². The quantitative estimate of drug-likeness (QED) is 0.0557. The molecule has 0 bridgehead atoms. The molecule has 8 rings (SSSR count). The van der Waals surface area contributed by atoms with E-state index in [1.54, 1.807) is 56.4 Å². The smallest absolute Gasteiger partial charge is 2.00 e. The molecule has 0 radical (unpaired) electrons. The summed E-state index contributed by atoms with van der Waals surface area (Å²) in [5, 5.41) is 12.0. The van der Waals surface area contributed by atoms with Crippen molar-refractivity contribution >= 4 is 208 Å². The van der Waals surface area contributed by atoms with Crippen LogP contribution < -0.4 is 42.4 Å². The van der Waals surface area contributed by atoms with Gasteiger partial charge in [-0.15, -0.1) is 0 Å². The molecule has 0 N–H and O–H groups in total. The van der Waals surface area contributed by atoms with Gasteiger partial charge in [0.2, 0.25) is 25.6 Å². The van der Waals surface area contributed by atoms with E-state index in [-0.39, 0.29) is 232 Å². The maximum absolute atomic E-state index is 9.43. The zero-order valence-corrected chi connectivity index (χ0v) is 72.2. The Labute approximate surface area is 672 Å². The monoisotopic (exact) mass is 2110 g/mol. The Kier molecular flexibility index (Phi) is 95.8. The molecular weight excluding hydrogens is 2040 g/mol. The van der Waals surface area contributed by atoms with Crippen LogP contribution in [0, 0.1) is 0 Å². The van der Waals surface area contributed by atoms with Crippen LogP contribution in [0.15, 0.2) is 243 Å². The van der Waals surface area contributed by atoms with Crippen LogP contribution >= 0.6 is 31.7 Å². The van der Waals surface area contributed by atoms with Gasteiger partial charge in [0.15, 0.2) is 11.8 Å². The van der Waals surface area contributed by atoms with E-state index in [0.717, 1.165) is 25.6 Å². The van der Waals surface area contributed by atoms with Crippen LogP contribution in [0.5, 0.6) is 0 Å². The summed E-state index contributed by atoms with van der Waals surface area (Å²) >= 11 is 0. The average molecular weight is 2120 g/mol. The minimum absolute atomic E-state index is 0. The minimum atomic E-state index is -0.847. The molecule has 0 aliphatic rings. The Morgan fingerprint density at radius 3 is 0.398 bits per heavy atom. The summed E-state index contributed by atoms with van der Waals surface area (Å²) in [6, 6.07) is 88.9. The molecule has 0 unspecified atom stereocenters. The topological polar surface area (TPSA) is 81.2 Å². The molecular formula is C62H76N4O4P4Pd4S8W2-8. The third-order valence-corrected chi connectivity index (χ3v) is 24.4. The first-order valence-electron chi connectivity index (χ1n) is 24.3. The second kappa shape index (κ2) is 73.0. The fraction of sp³-hybridized carbons (Fsp3) is 0.161. The van der Waals surface area contributed by atoms with E-state index in [9.17, 15) is 19.2 Å². The molecule has 0 atom stereocenters. The first-order valence-corrected chi connectivity index (χ1v) is 31.1. The Balaban J connectivity index is -0.0000000894. The molecule has 26 heteroatoms. The van der Waals surface area contributed by atoms with Crippen molar-refractivity contribution in [2.75, 3.05) is 68.2 Å². The van der Waals surface area contributed by atoms with Crippen LogP contribution in [0.3, 0.4) is 0 Å². The standard InChI is InChI=1S/2C25H22P2.4C3H7NO.4Pd.8S.2W/c2*1-5-13-22(14-6-1)26(23-15-7-2-8-16-23)21-27(24-17-9-3-10-18-24)25-19-11-4-12-20-25;4*1-4(2)3-5;;;;;;;;;;;;;;/h2*1-20H,21H2;4*3H,1-2H3;;;;;;;;;;;;;;/q;;;;;;;;;+2;8*-2;;+2/p+4. The van der Waals surface area contributed by atoms with Crippen LogP contribution in [0.1, 0.15) is 0 Å². The number of rotatable bonds is 16. The van der Waals surface area contributed by atoms with Crippen molar-refractivity contribution in [2.24, 2.45) is 0 Å². The van der Waals surface area contributed by atoms with Gasteiger partial charge in [0.25, 0.3) is 0 Å². The predicted molar refractivity (Wildman–Crippen MR) is 390 cm³/mol. The Hall–Kier alpha value is 0.186. The largest absolute Gasteiger partial charge is 2.00 e. The summed E-state index contributed by atoms with van der Waals surface area (Å²) in [7, 11) is 10.1. The third kappa shape index (κ3) is 49.7. The number of carbonyl (C=O) groups is 4. The van der Waals surface area contributed by atoms with E-state index >= 15 is 0 Å². The summed E-state index contributed by atoms with van der Waals surface area (Å²) in [6.07, 6.45) is 3.00. The molecule has 0 aliphatic carbocycles. The Morgan fingerprint density at radius 1 is 0.250 bits per heavy atom. The molecule has 8 aromatic rings. The molecule has 0 aromatic heterocycles. The summed E-state index contributed by atoms with van der Waals surface area (Å²) in [5.74, 6) is 2.49. The zero-order valence-electron chi connectivity index (χ0n) is 49.6. The van der Waals surface area contributed by atoms with Crippen LogP contribution in [-0.2, 0) is 251 Å². The number of amides is 4. The number of carbonyl (C=O) groups excluding carboxylic acids is 4. The summed E-state index contributed by atoms with van der Waals surface area (Å²) in [5.41, 5.74) is 0. The van der Waals surface area contributed by atoms with Crippen molar-refractivity contribution in [1.29, 1.82) is 0 Å². The van der Waals surface area contributed by atoms with Gasteiger partial charge in [-0.3, -0.25) is 19.2 Å². The average Bonchev–Trinajstić information content (AvgIpc) is 3.46. The maximum atomic E-state index is 9.43. The molecule has 0 aliphatic heterocycles. The molecule has 0 saturated carbocycles. The normalized spacial score (nSPS) is 8.32. The van der Waals surface area contributed by atoms with Crippen molar-refractivity contribution in [3.8, 4) is 0 Å². The van der Waals surface area contributed by atoms with Gasteiger partial charge < -0.3 is 128 Å². The van der Waals surface area contributed by atoms with Crippen molar-refractivity contribution < 1.29 is 143 Å². The van der Waals surface area contributed by atoms with Crippen LogP contribution in [-0.4, -0.2) is 113 Å². The molecule has 0 spiro atoms. The number of benzene rings is 8. The van der Waals surface area contributed by atoms with Crippen molar-refractivity contribution in [3.63, 3.8) is 0 Å². The van der Waals surface area contributed by atoms with Gasteiger partial charge in [0.1, 0.15) is 74.1 Å². The maximum Gasteiger partial charge on any atom is 2.00 e. The van der Waals surface area contributed by atoms with Gasteiger partial charge in [-0.25, -0.2) is 0 Å². The van der Waals surface area contributed by atoms with Crippen molar-refractivity contribution in [1.82, 2.24) is 19.6 Å². The van der Waals surface area contributed by atoms with E-state index in [0.29, 0.717) is 0 Å². The number of nitrogens with zero attached hydrogens (tertiary/aromatic N) is 4. The summed E-state index contributed by atoms with van der Waals surface area (Å²) in [4.78, 5) is 43.5. The first kappa shape index (κ1) is 115. The Bertz CT molecular complexity index is 2200. The van der Waals surface area contributed by atoms with Crippen molar-refractivity contribution in [2.45, 2.75) is 0 Å².